The molecule has 0 fully saturated rings. The van der Waals surface area contributed by atoms with Gasteiger partial charge in [0.25, 0.3) is 5.91 Å². The Bertz CT molecular complexity index is 468. The SMILES string of the molecule is CCn1cc(Br)cc1C(=O)NC(C)C(=O)NC(C)C. The molecule has 0 spiro atoms. The Hall–Kier alpha value is -1.30. The minimum absolute atomic E-state index is 0.0560. The van der Waals surface area contributed by atoms with Gasteiger partial charge in [-0.3, -0.25) is 9.59 Å². The molecule has 0 aliphatic heterocycles. The van der Waals surface area contributed by atoms with Gasteiger partial charge < -0.3 is 15.2 Å². The number of carbonyl (C=O) groups is 2. The number of hydrogen-bond donors (Lipinski definition) is 2. The van der Waals surface area contributed by atoms with Crippen LogP contribution >= 0.6 is 15.9 Å². The molecule has 6 heteroatoms. The molecule has 2 amide bonds. The van der Waals surface area contributed by atoms with Gasteiger partial charge in [-0.25, -0.2) is 0 Å². The van der Waals surface area contributed by atoms with Gasteiger partial charge >= 0.3 is 0 Å². The third-order valence-electron chi connectivity index (χ3n) is 2.61. The zero-order valence-electron chi connectivity index (χ0n) is 11.7. The van der Waals surface area contributed by atoms with Crippen molar-refractivity contribution in [3.05, 3.63) is 22.4 Å². The minimum Gasteiger partial charge on any atom is -0.352 e. The van der Waals surface area contributed by atoms with Crippen molar-refractivity contribution in [3.63, 3.8) is 0 Å². The summed E-state index contributed by atoms with van der Waals surface area (Å²) in [6.45, 7) is 8.08. The smallest absolute Gasteiger partial charge is 0.268 e. The van der Waals surface area contributed by atoms with E-state index in [1.807, 2.05) is 31.5 Å². The first-order valence-corrected chi connectivity index (χ1v) is 7.11. The molecule has 1 atom stereocenters. The van der Waals surface area contributed by atoms with Gasteiger partial charge in [-0.2, -0.15) is 0 Å². The second-order valence-electron chi connectivity index (χ2n) is 4.69. The Morgan fingerprint density at radius 1 is 1.32 bits per heavy atom. The number of halogens is 1. The molecule has 0 bridgehead atoms. The van der Waals surface area contributed by atoms with Crippen LogP contribution < -0.4 is 10.6 Å². The molecule has 1 aromatic rings. The van der Waals surface area contributed by atoms with Crippen LogP contribution in [-0.4, -0.2) is 28.5 Å². The quantitative estimate of drug-likeness (QED) is 0.866. The van der Waals surface area contributed by atoms with E-state index in [1.54, 1.807) is 13.0 Å². The first-order chi connectivity index (χ1) is 8.85. The third kappa shape index (κ3) is 4.38. The minimum atomic E-state index is -0.561. The van der Waals surface area contributed by atoms with E-state index in [4.69, 9.17) is 0 Å². The highest BCUT2D eigenvalue weighted by Gasteiger charge is 2.19. The molecule has 0 saturated heterocycles. The van der Waals surface area contributed by atoms with Crippen molar-refractivity contribution in [2.75, 3.05) is 0 Å². The van der Waals surface area contributed by atoms with Crippen LogP contribution in [0, 0.1) is 0 Å². The van der Waals surface area contributed by atoms with Gasteiger partial charge in [-0.15, -0.1) is 0 Å². The number of carbonyl (C=O) groups excluding carboxylic acids is 2. The Balaban J connectivity index is 2.71. The lowest BCUT2D eigenvalue weighted by atomic mass is 10.2. The average Bonchev–Trinajstić information content (AvgIpc) is 2.69. The first-order valence-electron chi connectivity index (χ1n) is 6.32. The number of nitrogens with one attached hydrogen (secondary N) is 2. The highest BCUT2D eigenvalue weighted by atomic mass is 79.9. The van der Waals surface area contributed by atoms with Gasteiger partial charge in [-0.05, 0) is 49.7 Å². The van der Waals surface area contributed by atoms with E-state index in [0.717, 1.165) is 4.47 Å². The van der Waals surface area contributed by atoms with Gasteiger partial charge in [0.1, 0.15) is 11.7 Å². The third-order valence-corrected chi connectivity index (χ3v) is 3.04. The molecule has 19 heavy (non-hydrogen) atoms. The average molecular weight is 330 g/mol. The van der Waals surface area contributed by atoms with Crippen LogP contribution in [0.3, 0.4) is 0 Å². The molecule has 106 valence electrons. The topological polar surface area (TPSA) is 63.1 Å². The van der Waals surface area contributed by atoms with Gasteiger partial charge in [0.05, 0.1) is 0 Å². The van der Waals surface area contributed by atoms with Crippen molar-refractivity contribution in [2.24, 2.45) is 0 Å². The number of rotatable bonds is 5. The zero-order valence-corrected chi connectivity index (χ0v) is 13.2. The highest BCUT2D eigenvalue weighted by Crippen LogP contribution is 2.15. The van der Waals surface area contributed by atoms with E-state index in [1.165, 1.54) is 0 Å². The standard InChI is InChI=1S/C13H20BrN3O2/c1-5-17-7-10(14)6-11(17)13(19)16-9(4)12(18)15-8(2)3/h6-9H,5H2,1-4H3,(H,15,18)(H,16,19). The fourth-order valence-electron chi connectivity index (χ4n) is 1.67. The lowest BCUT2D eigenvalue weighted by molar-refractivity contribution is -0.123. The molecule has 2 N–H and O–H groups in total. The Morgan fingerprint density at radius 2 is 1.95 bits per heavy atom. The van der Waals surface area contributed by atoms with Gasteiger partial charge in [-0.1, -0.05) is 0 Å². The second-order valence-corrected chi connectivity index (χ2v) is 5.60. The van der Waals surface area contributed by atoms with Gasteiger partial charge in [0.2, 0.25) is 5.91 Å². The monoisotopic (exact) mass is 329 g/mol. The molecule has 5 nitrogen and oxygen atoms in total. The maximum Gasteiger partial charge on any atom is 0.268 e. The van der Waals surface area contributed by atoms with E-state index in [0.29, 0.717) is 12.2 Å². The van der Waals surface area contributed by atoms with Crippen LogP contribution in [0.2, 0.25) is 0 Å². The summed E-state index contributed by atoms with van der Waals surface area (Å²) in [6.07, 6.45) is 1.84. The van der Waals surface area contributed by atoms with E-state index in [2.05, 4.69) is 26.6 Å². The number of aryl methyl sites for hydroxylation is 1. The zero-order chi connectivity index (χ0) is 14.6. The number of amides is 2. The normalized spacial score (nSPS) is 12.3. The second kappa shape index (κ2) is 6.75. The van der Waals surface area contributed by atoms with Crippen molar-refractivity contribution in [1.29, 1.82) is 0 Å². The van der Waals surface area contributed by atoms with Crippen LogP contribution in [-0.2, 0) is 11.3 Å². The summed E-state index contributed by atoms with van der Waals surface area (Å²) in [7, 11) is 0. The largest absolute Gasteiger partial charge is 0.352 e. The molecule has 0 radical (unpaired) electrons. The Kier molecular flexibility index (Phi) is 5.60. The van der Waals surface area contributed by atoms with Crippen molar-refractivity contribution in [3.8, 4) is 0 Å². The van der Waals surface area contributed by atoms with E-state index < -0.39 is 6.04 Å². The van der Waals surface area contributed by atoms with Crippen LogP contribution in [0.4, 0.5) is 0 Å². The first kappa shape index (κ1) is 15.8. The fourth-order valence-corrected chi connectivity index (χ4v) is 2.14. The predicted molar refractivity (Wildman–Crippen MR) is 78.0 cm³/mol. The number of hydrogen-bond acceptors (Lipinski definition) is 2. The molecule has 0 aliphatic rings. The van der Waals surface area contributed by atoms with Crippen molar-refractivity contribution >= 4 is 27.7 Å². The molecule has 1 aromatic heterocycles. The van der Waals surface area contributed by atoms with Crippen molar-refractivity contribution < 1.29 is 9.59 Å². The molecular weight excluding hydrogens is 310 g/mol. The maximum absolute atomic E-state index is 12.1. The lowest BCUT2D eigenvalue weighted by Crippen LogP contribution is -2.47. The van der Waals surface area contributed by atoms with Crippen LogP contribution in [0.5, 0.6) is 0 Å². The summed E-state index contributed by atoms with van der Waals surface area (Å²) >= 11 is 3.34. The molecule has 0 aromatic carbocycles. The van der Waals surface area contributed by atoms with Gasteiger partial charge in [0, 0.05) is 23.3 Å². The van der Waals surface area contributed by atoms with Crippen molar-refractivity contribution in [1.82, 2.24) is 15.2 Å². The molecule has 0 saturated carbocycles. The Labute approximate surface area is 121 Å². The van der Waals surface area contributed by atoms with E-state index >= 15 is 0 Å². The van der Waals surface area contributed by atoms with E-state index in [-0.39, 0.29) is 17.9 Å². The molecule has 1 unspecified atom stereocenters. The molecule has 1 rings (SSSR count). The maximum atomic E-state index is 12.1. The summed E-state index contributed by atoms with van der Waals surface area (Å²) in [5.41, 5.74) is 0.540. The lowest BCUT2D eigenvalue weighted by Gasteiger charge is -2.16. The molecular formula is C13H20BrN3O2. The van der Waals surface area contributed by atoms with Gasteiger partial charge in [0.15, 0.2) is 0 Å². The van der Waals surface area contributed by atoms with Crippen LogP contribution in [0.15, 0.2) is 16.7 Å². The number of aromatic nitrogens is 1. The fraction of sp³-hybridized carbons (Fsp3) is 0.538. The van der Waals surface area contributed by atoms with E-state index in [9.17, 15) is 9.59 Å². The van der Waals surface area contributed by atoms with Crippen molar-refractivity contribution in [2.45, 2.75) is 46.3 Å². The van der Waals surface area contributed by atoms with Crippen LogP contribution in [0.1, 0.15) is 38.2 Å². The molecule has 0 aliphatic carbocycles. The summed E-state index contributed by atoms with van der Waals surface area (Å²) in [4.78, 5) is 23.8. The summed E-state index contributed by atoms with van der Waals surface area (Å²) in [5.74, 6) is -0.434. The van der Waals surface area contributed by atoms with Crippen LogP contribution in [0.25, 0.3) is 0 Å². The highest BCUT2D eigenvalue weighted by molar-refractivity contribution is 9.10. The molecule has 1 heterocycles. The predicted octanol–water partition coefficient (Wildman–Crippen LogP) is 1.91. The summed E-state index contributed by atoms with van der Waals surface area (Å²) in [6, 6.07) is 1.24. The summed E-state index contributed by atoms with van der Waals surface area (Å²) < 4.78 is 2.67. The Morgan fingerprint density at radius 3 is 2.47 bits per heavy atom. The summed E-state index contributed by atoms with van der Waals surface area (Å²) in [5, 5.41) is 5.46. The number of nitrogens with zero attached hydrogens (tertiary/aromatic N) is 1.